The first-order valence-corrected chi connectivity index (χ1v) is 9.25. The summed E-state index contributed by atoms with van der Waals surface area (Å²) in [5, 5.41) is 20.5. The molecule has 0 unspecified atom stereocenters. The second kappa shape index (κ2) is 8.12. The van der Waals surface area contributed by atoms with Gasteiger partial charge in [0.2, 0.25) is 0 Å². The third kappa shape index (κ3) is 4.09. The van der Waals surface area contributed by atoms with Crippen molar-refractivity contribution in [3.8, 4) is 11.8 Å². The number of allylic oxidation sites excluding steroid dienone is 2. The van der Waals surface area contributed by atoms with Crippen molar-refractivity contribution >= 4 is 34.3 Å². The van der Waals surface area contributed by atoms with Gasteiger partial charge >= 0.3 is 0 Å². The summed E-state index contributed by atoms with van der Waals surface area (Å²) in [5.74, 6) is -0.981. The number of imidazole rings is 1. The van der Waals surface area contributed by atoms with Crippen molar-refractivity contribution in [3.05, 3.63) is 69.7 Å². The van der Waals surface area contributed by atoms with Crippen LogP contribution in [0.25, 0.3) is 16.7 Å². The topological polar surface area (TPSA) is 128 Å². The lowest BCUT2D eigenvalue weighted by Crippen LogP contribution is -2.10. The van der Waals surface area contributed by atoms with Gasteiger partial charge in [-0.2, -0.15) is 5.26 Å². The largest absolute Gasteiger partial charge is 0.401 e. The first-order chi connectivity index (χ1) is 13.8. The molecule has 29 heavy (non-hydrogen) atoms. The number of hydrogen-bond donors (Lipinski definition) is 1. The Morgan fingerprint density at radius 3 is 2.62 bits per heavy atom. The summed E-state index contributed by atoms with van der Waals surface area (Å²) in [6, 6.07) is 11.6. The Hall–Kier alpha value is -3.71. The van der Waals surface area contributed by atoms with Crippen LogP contribution in [-0.4, -0.2) is 26.0 Å². The first-order valence-electron chi connectivity index (χ1n) is 8.27. The molecule has 146 valence electrons. The Morgan fingerprint density at radius 2 is 2.03 bits per heavy atom. The third-order valence-electron chi connectivity index (χ3n) is 4.02. The summed E-state index contributed by atoms with van der Waals surface area (Å²) in [6.45, 7) is 1.47. The lowest BCUT2D eigenvalue weighted by atomic mass is 10.2. The predicted molar refractivity (Wildman–Crippen MR) is 106 cm³/mol. The zero-order valence-electron chi connectivity index (χ0n) is 15.1. The SMILES string of the molecule is C/C(N)=C(\C#N)C(=O)CSc1nc2cc([N+](=O)[O-])ccc2n1-c1ccc(F)cc1. The number of hydrogen-bond acceptors (Lipinski definition) is 7. The number of nitro benzene ring substituents is 1. The fourth-order valence-electron chi connectivity index (χ4n) is 2.67. The number of nitro groups is 1. The number of ketones is 1. The van der Waals surface area contributed by atoms with Gasteiger partial charge in [-0.1, -0.05) is 11.8 Å². The molecule has 1 heterocycles. The molecule has 0 radical (unpaired) electrons. The minimum Gasteiger partial charge on any atom is -0.401 e. The monoisotopic (exact) mass is 411 g/mol. The Labute approximate surface area is 168 Å². The van der Waals surface area contributed by atoms with E-state index in [1.165, 1.54) is 43.3 Å². The van der Waals surface area contributed by atoms with Gasteiger partial charge < -0.3 is 5.73 Å². The van der Waals surface area contributed by atoms with Crippen LogP contribution in [0.3, 0.4) is 0 Å². The van der Waals surface area contributed by atoms with E-state index in [1.54, 1.807) is 16.7 Å². The molecule has 0 aliphatic heterocycles. The molecule has 0 aliphatic rings. The summed E-state index contributed by atoms with van der Waals surface area (Å²) in [5.41, 5.74) is 6.92. The van der Waals surface area contributed by atoms with Crippen LogP contribution >= 0.6 is 11.8 Å². The third-order valence-corrected chi connectivity index (χ3v) is 4.96. The molecular weight excluding hydrogens is 397 g/mol. The molecule has 0 saturated carbocycles. The van der Waals surface area contributed by atoms with Crippen molar-refractivity contribution in [2.45, 2.75) is 12.1 Å². The Balaban J connectivity index is 2.07. The fourth-order valence-corrected chi connectivity index (χ4v) is 3.57. The first kappa shape index (κ1) is 20.0. The van der Waals surface area contributed by atoms with Gasteiger partial charge in [0.05, 0.1) is 21.7 Å². The Morgan fingerprint density at radius 1 is 1.34 bits per heavy atom. The summed E-state index contributed by atoms with van der Waals surface area (Å²) in [4.78, 5) is 27.2. The smallest absolute Gasteiger partial charge is 0.271 e. The van der Waals surface area contributed by atoms with Crippen molar-refractivity contribution in [2.75, 3.05) is 5.75 Å². The standard InChI is InChI=1S/C19H14FN5O3S/c1-11(22)15(9-21)18(26)10-29-19-23-16-8-14(25(27)28)6-7-17(16)24(19)13-4-2-12(20)3-5-13/h2-8H,10,22H2,1H3/b15-11-. The lowest BCUT2D eigenvalue weighted by Gasteiger charge is -2.09. The van der Waals surface area contributed by atoms with Gasteiger partial charge in [-0.05, 0) is 37.3 Å². The van der Waals surface area contributed by atoms with Crippen molar-refractivity contribution < 1.29 is 14.1 Å². The molecule has 0 aliphatic carbocycles. The molecule has 10 heteroatoms. The van der Waals surface area contributed by atoms with Gasteiger partial charge in [-0.15, -0.1) is 0 Å². The van der Waals surface area contributed by atoms with Gasteiger partial charge in [-0.25, -0.2) is 9.37 Å². The lowest BCUT2D eigenvalue weighted by molar-refractivity contribution is -0.384. The molecular formula is C19H14FN5O3S. The van der Waals surface area contributed by atoms with Crippen LogP contribution in [-0.2, 0) is 4.79 Å². The quantitative estimate of drug-likeness (QED) is 0.216. The number of non-ortho nitro benzene ring substituents is 1. The number of benzene rings is 2. The predicted octanol–water partition coefficient (Wildman–Crippen LogP) is 3.49. The van der Waals surface area contributed by atoms with E-state index in [2.05, 4.69) is 4.98 Å². The van der Waals surface area contributed by atoms with Crippen molar-refractivity contribution in [3.63, 3.8) is 0 Å². The number of carbonyl (C=O) groups excluding carboxylic acids is 1. The number of Topliss-reactive ketones (excluding diaryl/α,β-unsaturated/α-hetero) is 1. The second-order valence-electron chi connectivity index (χ2n) is 6.02. The van der Waals surface area contributed by atoms with E-state index in [-0.39, 0.29) is 22.7 Å². The van der Waals surface area contributed by atoms with Crippen LogP contribution in [0, 0.1) is 27.3 Å². The fraction of sp³-hybridized carbons (Fsp3) is 0.105. The van der Waals surface area contributed by atoms with E-state index in [1.807, 2.05) is 0 Å². The van der Waals surface area contributed by atoms with Crippen LogP contribution in [0.1, 0.15) is 6.92 Å². The maximum absolute atomic E-state index is 13.3. The highest BCUT2D eigenvalue weighted by Gasteiger charge is 2.19. The van der Waals surface area contributed by atoms with Crippen LogP contribution in [0.4, 0.5) is 10.1 Å². The second-order valence-corrected chi connectivity index (χ2v) is 6.96. The number of nitriles is 1. The average molecular weight is 411 g/mol. The Kier molecular flexibility index (Phi) is 5.61. The number of fused-ring (bicyclic) bond motifs is 1. The van der Waals surface area contributed by atoms with E-state index in [0.29, 0.717) is 21.9 Å². The van der Waals surface area contributed by atoms with Crippen molar-refractivity contribution in [1.29, 1.82) is 5.26 Å². The zero-order valence-corrected chi connectivity index (χ0v) is 15.9. The van der Waals surface area contributed by atoms with Crippen molar-refractivity contribution in [2.24, 2.45) is 5.73 Å². The maximum atomic E-state index is 13.3. The molecule has 3 aromatic rings. The number of rotatable bonds is 6. The number of thioether (sulfide) groups is 1. The summed E-state index contributed by atoms with van der Waals surface area (Å²) in [7, 11) is 0. The number of carbonyl (C=O) groups is 1. The Bertz CT molecular complexity index is 1190. The van der Waals surface area contributed by atoms with Gasteiger partial charge in [0.15, 0.2) is 10.9 Å². The molecule has 8 nitrogen and oxygen atoms in total. The van der Waals surface area contributed by atoms with E-state index in [4.69, 9.17) is 11.0 Å². The van der Waals surface area contributed by atoms with Crippen LogP contribution in [0.15, 0.2) is 58.9 Å². The molecule has 0 fully saturated rings. The van der Waals surface area contributed by atoms with Crippen molar-refractivity contribution in [1.82, 2.24) is 9.55 Å². The van der Waals surface area contributed by atoms with Gasteiger partial charge in [0.25, 0.3) is 5.69 Å². The van der Waals surface area contributed by atoms with Crippen LogP contribution in [0.2, 0.25) is 0 Å². The normalized spacial score (nSPS) is 11.8. The van der Waals surface area contributed by atoms with E-state index >= 15 is 0 Å². The highest BCUT2D eigenvalue weighted by atomic mass is 32.2. The number of halogens is 1. The van der Waals surface area contributed by atoms with E-state index in [9.17, 15) is 19.3 Å². The molecule has 0 saturated heterocycles. The minimum atomic E-state index is -0.527. The molecule has 3 rings (SSSR count). The molecule has 0 atom stereocenters. The zero-order chi connectivity index (χ0) is 21.1. The summed E-state index contributed by atoms with van der Waals surface area (Å²) < 4.78 is 15.0. The van der Waals surface area contributed by atoms with Gasteiger partial charge in [0.1, 0.15) is 17.5 Å². The molecule has 1 aromatic heterocycles. The maximum Gasteiger partial charge on any atom is 0.271 e. The van der Waals surface area contributed by atoms with E-state index < -0.39 is 16.5 Å². The molecule has 0 spiro atoms. The summed E-state index contributed by atoms with van der Waals surface area (Å²) >= 11 is 1.05. The highest BCUT2D eigenvalue weighted by molar-refractivity contribution is 7.99. The molecule has 2 N–H and O–H groups in total. The van der Waals surface area contributed by atoms with Gasteiger partial charge in [-0.3, -0.25) is 19.5 Å². The average Bonchev–Trinajstić information content (AvgIpc) is 3.04. The number of aromatic nitrogens is 2. The van der Waals surface area contributed by atoms with Crippen LogP contribution in [0.5, 0.6) is 0 Å². The van der Waals surface area contributed by atoms with E-state index in [0.717, 1.165) is 11.8 Å². The van der Waals surface area contributed by atoms with Gasteiger partial charge in [0, 0.05) is 23.5 Å². The minimum absolute atomic E-state index is 0.107. The highest BCUT2D eigenvalue weighted by Crippen LogP contribution is 2.30. The molecule has 0 bridgehead atoms. The number of nitrogens with two attached hydrogens (primary N) is 1. The molecule has 2 aromatic carbocycles. The summed E-state index contributed by atoms with van der Waals surface area (Å²) in [6.07, 6.45) is 0. The molecule has 0 amide bonds. The number of nitrogens with zero attached hydrogens (tertiary/aromatic N) is 4. The van der Waals surface area contributed by atoms with Crippen LogP contribution < -0.4 is 5.73 Å².